The van der Waals surface area contributed by atoms with Gasteiger partial charge in [0.2, 0.25) is 5.91 Å². The maximum Gasteiger partial charge on any atom is 0.251 e. The largest absolute Gasteiger partial charge is 0.495 e. The van der Waals surface area contributed by atoms with Crippen molar-refractivity contribution in [2.45, 2.75) is 39.0 Å². The van der Waals surface area contributed by atoms with E-state index in [4.69, 9.17) is 16.3 Å². The van der Waals surface area contributed by atoms with Crippen LogP contribution >= 0.6 is 11.6 Å². The number of amides is 2. The minimum Gasteiger partial charge on any atom is -0.495 e. The highest BCUT2D eigenvalue weighted by Gasteiger charge is 2.32. The first kappa shape index (κ1) is 21.7. The van der Waals surface area contributed by atoms with Crippen LogP contribution in [0.3, 0.4) is 0 Å². The fourth-order valence-electron chi connectivity index (χ4n) is 2.88. The van der Waals surface area contributed by atoms with Crippen LogP contribution in [0.15, 0.2) is 48.5 Å². The summed E-state index contributed by atoms with van der Waals surface area (Å²) < 4.78 is 5.34. The van der Waals surface area contributed by atoms with E-state index in [9.17, 15) is 14.7 Å². The molecule has 6 nitrogen and oxygen atoms in total. The van der Waals surface area contributed by atoms with E-state index < -0.39 is 18.1 Å². The second kappa shape index (κ2) is 10.1. The number of nitrogens with one attached hydrogen (secondary N) is 1. The first-order valence-electron chi connectivity index (χ1n) is 9.04. The summed E-state index contributed by atoms with van der Waals surface area (Å²) in [5, 5.41) is 13.8. The van der Waals surface area contributed by atoms with E-state index in [-0.39, 0.29) is 18.9 Å². The lowest BCUT2D eigenvalue weighted by Gasteiger charge is -2.32. The summed E-state index contributed by atoms with van der Waals surface area (Å²) >= 11 is 5.94. The molecule has 0 aliphatic heterocycles. The highest BCUT2D eigenvalue weighted by Crippen LogP contribution is 2.30. The Kier molecular flexibility index (Phi) is 7.84. The maximum absolute atomic E-state index is 12.6. The van der Waals surface area contributed by atoms with Crippen LogP contribution < -0.4 is 15.0 Å². The van der Waals surface area contributed by atoms with Crippen LogP contribution in [0.2, 0.25) is 5.02 Å². The van der Waals surface area contributed by atoms with Gasteiger partial charge in [0.05, 0.1) is 18.8 Å². The maximum atomic E-state index is 12.6. The van der Waals surface area contributed by atoms with E-state index >= 15 is 0 Å². The van der Waals surface area contributed by atoms with Gasteiger partial charge >= 0.3 is 0 Å². The number of aliphatic hydroxyl groups is 1. The van der Waals surface area contributed by atoms with Crippen LogP contribution in [0.1, 0.15) is 25.8 Å². The first-order valence-corrected chi connectivity index (χ1v) is 9.42. The van der Waals surface area contributed by atoms with Crippen molar-refractivity contribution in [1.29, 1.82) is 0 Å². The van der Waals surface area contributed by atoms with Gasteiger partial charge in [-0.15, -0.1) is 0 Å². The molecule has 0 fully saturated rings. The SMILES string of the molecule is CCC(=O)N(c1ccccc1OC)C(C)C(O)C(=O)NCc1cccc(Cl)c1. The number of para-hydroxylation sites is 2. The molecule has 0 aliphatic rings. The molecule has 0 spiro atoms. The molecule has 0 aromatic heterocycles. The summed E-state index contributed by atoms with van der Waals surface area (Å²) in [5.41, 5.74) is 1.32. The fraction of sp³-hybridized carbons (Fsp3) is 0.333. The number of ether oxygens (including phenoxy) is 1. The molecular weight excluding hydrogens is 380 g/mol. The summed E-state index contributed by atoms with van der Waals surface area (Å²) in [4.78, 5) is 26.5. The number of benzene rings is 2. The van der Waals surface area contributed by atoms with E-state index in [1.807, 2.05) is 6.07 Å². The molecule has 0 saturated heterocycles. The van der Waals surface area contributed by atoms with Gasteiger partial charge in [-0.1, -0.05) is 42.8 Å². The molecule has 2 aromatic rings. The molecule has 2 rings (SSSR count). The van der Waals surface area contributed by atoms with Crippen molar-refractivity contribution in [2.75, 3.05) is 12.0 Å². The number of rotatable bonds is 8. The molecule has 0 radical (unpaired) electrons. The lowest BCUT2D eigenvalue weighted by Crippen LogP contribution is -2.51. The van der Waals surface area contributed by atoms with Crippen LogP contribution in [0.4, 0.5) is 5.69 Å². The molecule has 2 amide bonds. The smallest absolute Gasteiger partial charge is 0.251 e. The average Bonchev–Trinajstić information content (AvgIpc) is 2.71. The zero-order valence-electron chi connectivity index (χ0n) is 16.2. The third kappa shape index (κ3) is 5.24. The van der Waals surface area contributed by atoms with Crippen molar-refractivity contribution in [3.63, 3.8) is 0 Å². The molecule has 28 heavy (non-hydrogen) atoms. The molecule has 2 atom stereocenters. The van der Waals surface area contributed by atoms with E-state index in [2.05, 4.69) is 5.32 Å². The third-order valence-corrected chi connectivity index (χ3v) is 4.64. The van der Waals surface area contributed by atoms with E-state index in [0.29, 0.717) is 16.5 Å². The highest BCUT2D eigenvalue weighted by atomic mass is 35.5. The second-order valence-corrected chi connectivity index (χ2v) is 6.76. The monoisotopic (exact) mass is 404 g/mol. The van der Waals surface area contributed by atoms with E-state index in [1.165, 1.54) is 12.0 Å². The summed E-state index contributed by atoms with van der Waals surface area (Å²) in [7, 11) is 1.51. The zero-order valence-corrected chi connectivity index (χ0v) is 16.9. The number of hydrogen-bond donors (Lipinski definition) is 2. The molecule has 2 unspecified atom stereocenters. The minimum atomic E-state index is -1.42. The number of carbonyl (C=O) groups excluding carboxylic acids is 2. The second-order valence-electron chi connectivity index (χ2n) is 6.32. The quantitative estimate of drug-likeness (QED) is 0.708. The Morgan fingerprint density at radius 3 is 2.57 bits per heavy atom. The topological polar surface area (TPSA) is 78.9 Å². The van der Waals surface area contributed by atoms with Crippen LogP contribution in [0.5, 0.6) is 5.75 Å². The van der Waals surface area contributed by atoms with Gasteiger partial charge in [-0.3, -0.25) is 9.59 Å². The number of methoxy groups -OCH3 is 1. The van der Waals surface area contributed by atoms with Gasteiger partial charge in [-0.05, 0) is 36.8 Å². The number of carbonyl (C=O) groups is 2. The number of nitrogens with zero attached hydrogens (tertiary/aromatic N) is 1. The fourth-order valence-corrected chi connectivity index (χ4v) is 3.09. The van der Waals surface area contributed by atoms with Crippen molar-refractivity contribution in [2.24, 2.45) is 0 Å². The lowest BCUT2D eigenvalue weighted by molar-refractivity contribution is -0.130. The van der Waals surface area contributed by atoms with Crippen molar-refractivity contribution in [1.82, 2.24) is 5.32 Å². The number of aliphatic hydroxyl groups excluding tert-OH is 1. The zero-order chi connectivity index (χ0) is 20.7. The molecule has 7 heteroatoms. The standard InChI is InChI=1S/C21H25ClN2O4/c1-4-19(25)24(17-10-5-6-11-18(17)28-3)14(2)20(26)21(27)23-13-15-8-7-9-16(22)12-15/h5-12,14,20,26H,4,13H2,1-3H3,(H,23,27). The molecule has 2 aromatic carbocycles. The van der Waals surface area contributed by atoms with Crippen molar-refractivity contribution in [3.8, 4) is 5.75 Å². The van der Waals surface area contributed by atoms with Crippen LogP contribution in [-0.2, 0) is 16.1 Å². The van der Waals surface area contributed by atoms with Gasteiger partial charge in [0, 0.05) is 18.0 Å². The van der Waals surface area contributed by atoms with Gasteiger partial charge < -0.3 is 20.1 Å². The minimum absolute atomic E-state index is 0.221. The van der Waals surface area contributed by atoms with Crippen LogP contribution in [0.25, 0.3) is 0 Å². The normalized spacial score (nSPS) is 12.8. The van der Waals surface area contributed by atoms with E-state index in [1.54, 1.807) is 56.3 Å². The number of halogens is 1. The number of hydrogen-bond acceptors (Lipinski definition) is 4. The Morgan fingerprint density at radius 1 is 1.21 bits per heavy atom. The van der Waals surface area contributed by atoms with Crippen LogP contribution in [0, 0.1) is 0 Å². The number of anilines is 1. The van der Waals surface area contributed by atoms with Gasteiger partial charge in [0.25, 0.3) is 5.91 Å². The lowest BCUT2D eigenvalue weighted by atomic mass is 10.1. The van der Waals surface area contributed by atoms with Gasteiger partial charge in [-0.2, -0.15) is 0 Å². The van der Waals surface area contributed by atoms with Crippen molar-refractivity contribution in [3.05, 3.63) is 59.1 Å². The third-order valence-electron chi connectivity index (χ3n) is 4.40. The van der Waals surface area contributed by atoms with E-state index in [0.717, 1.165) is 5.56 Å². The molecule has 0 saturated carbocycles. The Balaban J connectivity index is 2.17. The summed E-state index contributed by atoms with van der Waals surface area (Å²) in [6.45, 7) is 3.58. The molecule has 0 bridgehead atoms. The molecule has 2 N–H and O–H groups in total. The van der Waals surface area contributed by atoms with Gasteiger partial charge in [0.15, 0.2) is 6.10 Å². The van der Waals surface area contributed by atoms with Gasteiger partial charge in [-0.25, -0.2) is 0 Å². The summed E-state index contributed by atoms with van der Waals surface area (Å²) in [6, 6.07) is 13.3. The first-order chi connectivity index (χ1) is 13.4. The summed E-state index contributed by atoms with van der Waals surface area (Å²) in [5.74, 6) is -0.308. The Bertz CT molecular complexity index is 828. The van der Waals surface area contributed by atoms with Gasteiger partial charge in [0.1, 0.15) is 5.75 Å². The Morgan fingerprint density at radius 2 is 1.93 bits per heavy atom. The average molecular weight is 405 g/mol. The Hall–Kier alpha value is -2.57. The molecule has 0 heterocycles. The Labute approximate surface area is 170 Å². The van der Waals surface area contributed by atoms with Crippen molar-refractivity contribution >= 4 is 29.1 Å². The molecular formula is C21H25ClN2O4. The van der Waals surface area contributed by atoms with Crippen molar-refractivity contribution < 1.29 is 19.4 Å². The molecule has 150 valence electrons. The highest BCUT2D eigenvalue weighted by molar-refractivity contribution is 6.30. The van der Waals surface area contributed by atoms with Crippen LogP contribution in [-0.4, -0.2) is 36.2 Å². The predicted molar refractivity (Wildman–Crippen MR) is 110 cm³/mol. The molecule has 0 aliphatic carbocycles. The predicted octanol–water partition coefficient (Wildman–Crippen LogP) is 3.16. The summed E-state index contributed by atoms with van der Waals surface area (Å²) in [6.07, 6.45) is -1.20.